The summed E-state index contributed by atoms with van der Waals surface area (Å²) in [4.78, 5) is 12.2. The first kappa shape index (κ1) is 22.9. The lowest BCUT2D eigenvalue weighted by molar-refractivity contribution is -0.385. The molecule has 172 valence electrons. The Hall–Kier alpha value is -3.24. The maximum Gasteiger partial charge on any atom is 0.270 e. The van der Waals surface area contributed by atoms with E-state index in [1.54, 1.807) is 24.3 Å². The van der Waals surface area contributed by atoms with E-state index < -0.39 is 14.9 Å². The molecule has 1 aromatic heterocycles. The van der Waals surface area contributed by atoms with Crippen LogP contribution in [0.25, 0.3) is 11.3 Å². The van der Waals surface area contributed by atoms with Crippen molar-refractivity contribution in [1.29, 1.82) is 0 Å². The van der Waals surface area contributed by atoms with Crippen molar-refractivity contribution in [3.63, 3.8) is 0 Å². The van der Waals surface area contributed by atoms with E-state index in [0.717, 1.165) is 49.4 Å². The molecule has 1 fully saturated rings. The summed E-state index contributed by atoms with van der Waals surface area (Å²) in [6, 6.07) is 13.7. The SMILES string of the molecule is O=[N+]([O-])c1ccc(Cl)c(S(=O)(=O)Nc2ccc(-c3ccc(N4CCCCCC4)nn3)cc2)c1. The molecule has 1 aliphatic heterocycles. The molecule has 1 N–H and O–H groups in total. The van der Waals surface area contributed by atoms with Crippen molar-refractivity contribution in [3.05, 3.63) is 69.7 Å². The first-order valence-electron chi connectivity index (χ1n) is 10.5. The van der Waals surface area contributed by atoms with Crippen LogP contribution in [0.4, 0.5) is 17.2 Å². The van der Waals surface area contributed by atoms with Gasteiger partial charge in [0.1, 0.15) is 4.90 Å². The number of non-ortho nitro benzene ring substituents is 1. The number of aromatic nitrogens is 2. The lowest BCUT2D eigenvalue weighted by atomic mass is 10.1. The van der Waals surface area contributed by atoms with E-state index in [1.165, 1.54) is 18.9 Å². The number of halogens is 1. The van der Waals surface area contributed by atoms with E-state index in [0.29, 0.717) is 5.69 Å². The molecule has 0 radical (unpaired) electrons. The molecular formula is C22H22ClN5O4S. The molecule has 11 heteroatoms. The second-order valence-corrected chi connectivity index (χ2v) is 9.79. The number of nitro benzene ring substituents is 1. The van der Waals surface area contributed by atoms with Gasteiger partial charge in [0.2, 0.25) is 0 Å². The fraction of sp³-hybridized carbons (Fsp3) is 0.273. The van der Waals surface area contributed by atoms with Gasteiger partial charge in [-0.15, -0.1) is 10.2 Å². The minimum Gasteiger partial charge on any atom is -0.355 e. The molecule has 0 bridgehead atoms. The van der Waals surface area contributed by atoms with Crippen LogP contribution in [0.5, 0.6) is 0 Å². The van der Waals surface area contributed by atoms with Gasteiger partial charge >= 0.3 is 0 Å². The third-order valence-corrected chi connectivity index (χ3v) is 7.29. The van der Waals surface area contributed by atoms with Gasteiger partial charge in [-0.25, -0.2) is 8.42 Å². The van der Waals surface area contributed by atoms with Crippen molar-refractivity contribution in [1.82, 2.24) is 10.2 Å². The number of nitrogens with one attached hydrogen (secondary N) is 1. The smallest absolute Gasteiger partial charge is 0.270 e. The molecule has 2 heterocycles. The minimum atomic E-state index is -4.12. The Balaban J connectivity index is 1.49. The highest BCUT2D eigenvalue weighted by Gasteiger charge is 2.22. The molecule has 3 aromatic rings. The van der Waals surface area contributed by atoms with Crippen molar-refractivity contribution < 1.29 is 13.3 Å². The molecule has 0 aliphatic carbocycles. The predicted octanol–water partition coefficient (Wildman–Crippen LogP) is 4.89. The maximum atomic E-state index is 12.7. The molecule has 0 saturated carbocycles. The average molecular weight is 488 g/mol. The molecule has 9 nitrogen and oxygen atoms in total. The number of hydrogen-bond acceptors (Lipinski definition) is 7. The molecule has 0 atom stereocenters. The fourth-order valence-electron chi connectivity index (χ4n) is 3.68. The van der Waals surface area contributed by atoms with Crippen LogP contribution >= 0.6 is 11.6 Å². The standard InChI is InChI=1S/C22H22ClN5O4S/c23-19-10-9-18(28(29)30)15-21(19)33(31,32)26-17-7-5-16(6-8-17)20-11-12-22(25-24-20)27-13-3-1-2-4-14-27/h5-12,15,26H,1-4,13-14H2. The van der Waals surface area contributed by atoms with Gasteiger partial charge < -0.3 is 4.90 Å². The van der Waals surface area contributed by atoms with Crippen LogP contribution in [0.15, 0.2) is 59.5 Å². The molecule has 1 aliphatic rings. The summed E-state index contributed by atoms with van der Waals surface area (Å²) in [5, 5.41) is 19.6. The Morgan fingerprint density at radius 3 is 2.24 bits per heavy atom. The summed E-state index contributed by atoms with van der Waals surface area (Å²) in [5.41, 5.74) is 1.37. The molecule has 2 aromatic carbocycles. The number of anilines is 2. The number of rotatable bonds is 6. The Morgan fingerprint density at radius 2 is 1.64 bits per heavy atom. The summed E-state index contributed by atoms with van der Waals surface area (Å²) < 4.78 is 27.8. The zero-order valence-electron chi connectivity index (χ0n) is 17.6. The predicted molar refractivity (Wildman–Crippen MR) is 127 cm³/mol. The van der Waals surface area contributed by atoms with E-state index in [9.17, 15) is 18.5 Å². The quantitative estimate of drug-likeness (QED) is 0.388. The van der Waals surface area contributed by atoms with Gasteiger partial charge in [0.25, 0.3) is 15.7 Å². The summed E-state index contributed by atoms with van der Waals surface area (Å²) >= 11 is 5.97. The van der Waals surface area contributed by atoms with E-state index in [1.807, 2.05) is 12.1 Å². The van der Waals surface area contributed by atoms with Crippen LogP contribution in [-0.2, 0) is 10.0 Å². The lowest BCUT2D eigenvalue weighted by Gasteiger charge is -2.20. The Bertz CT molecular complexity index is 1240. The molecule has 33 heavy (non-hydrogen) atoms. The number of benzene rings is 2. The summed E-state index contributed by atoms with van der Waals surface area (Å²) in [7, 11) is -4.12. The highest BCUT2D eigenvalue weighted by Crippen LogP contribution is 2.29. The van der Waals surface area contributed by atoms with Crippen LogP contribution in [0.2, 0.25) is 5.02 Å². The van der Waals surface area contributed by atoms with Crippen molar-refractivity contribution in [2.45, 2.75) is 30.6 Å². The third kappa shape index (κ3) is 5.40. The highest BCUT2D eigenvalue weighted by atomic mass is 35.5. The number of hydrogen-bond donors (Lipinski definition) is 1. The van der Waals surface area contributed by atoms with Crippen molar-refractivity contribution in [2.24, 2.45) is 0 Å². The highest BCUT2D eigenvalue weighted by molar-refractivity contribution is 7.92. The first-order chi connectivity index (χ1) is 15.8. The maximum absolute atomic E-state index is 12.7. The molecule has 1 saturated heterocycles. The summed E-state index contributed by atoms with van der Waals surface area (Å²) in [5.74, 6) is 0.860. The number of nitro groups is 1. The van der Waals surface area contributed by atoms with Crippen LogP contribution in [0, 0.1) is 10.1 Å². The van der Waals surface area contributed by atoms with E-state index in [2.05, 4.69) is 19.8 Å². The fourth-order valence-corrected chi connectivity index (χ4v) is 5.26. The van der Waals surface area contributed by atoms with Gasteiger partial charge in [-0.05, 0) is 43.2 Å². The van der Waals surface area contributed by atoms with Crippen molar-refractivity contribution in [3.8, 4) is 11.3 Å². The Kier molecular flexibility index (Phi) is 6.75. The van der Waals surface area contributed by atoms with Crippen LogP contribution in [0.3, 0.4) is 0 Å². The average Bonchev–Trinajstić information content (AvgIpc) is 3.09. The van der Waals surface area contributed by atoms with E-state index in [-0.39, 0.29) is 21.3 Å². The lowest BCUT2D eigenvalue weighted by Crippen LogP contribution is -2.25. The topological polar surface area (TPSA) is 118 Å². The second kappa shape index (κ2) is 9.72. The van der Waals surface area contributed by atoms with Gasteiger partial charge in [0.15, 0.2) is 5.82 Å². The zero-order valence-corrected chi connectivity index (χ0v) is 19.2. The minimum absolute atomic E-state index is 0.107. The van der Waals surface area contributed by atoms with E-state index >= 15 is 0 Å². The first-order valence-corrected chi connectivity index (χ1v) is 12.4. The molecule has 0 amide bonds. The van der Waals surface area contributed by atoms with Crippen LogP contribution in [-0.4, -0.2) is 36.6 Å². The van der Waals surface area contributed by atoms with Crippen LogP contribution < -0.4 is 9.62 Å². The normalized spacial score (nSPS) is 14.5. The molecule has 0 spiro atoms. The van der Waals surface area contributed by atoms with Gasteiger partial charge in [0.05, 0.1) is 15.6 Å². The monoisotopic (exact) mass is 487 g/mol. The van der Waals surface area contributed by atoms with E-state index in [4.69, 9.17) is 11.6 Å². The molecule has 4 rings (SSSR count). The Morgan fingerprint density at radius 1 is 0.939 bits per heavy atom. The summed E-state index contributed by atoms with van der Waals surface area (Å²) in [6.45, 7) is 1.97. The molecular weight excluding hydrogens is 466 g/mol. The summed E-state index contributed by atoms with van der Waals surface area (Å²) in [6.07, 6.45) is 4.79. The van der Waals surface area contributed by atoms with Crippen molar-refractivity contribution in [2.75, 3.05) is 22.7 Å². The van der Waals surface area contributed by atoms with Gasteiger partial charge in [0, 0.05) is 36.5 Å². The van der Waals surface area contributed by atoms with Gasteiger partial charge in [-0.2, -0.15) is 0 Å². The Labute approximate surface area is 196 Å². The third-order valence-electron chi connectivity index (χ3n) is 5.43. The number of sulfonamides is 1. The zero-order chi connectivity index (χ0) is 23.4. The van der Waals surface area contributed by atoms with Crippen LogP contribution in [0.1, 0.15) is 25.7 Å². The largest absolute Gasteiger partial charge is 0.355 e. The van der Waals surface area contributed by atoms with Gasteiger partial charge in [-0.1, -0.05) is 36.6 Å². The second-order valence-electron chi connectivity index (χ2n) is 7.73. The number of nitrogens with zero attached hydrogens (tertiary/aromatic N) is 4. The molecule has 0 unspecified atom stereocenters. The van der Waals surface area contributed by atoms with Gasteiger partial charge in [-0.3, -0.25) is 14.8 Å². The van der Waals surface area contributed by atoms with Crippen molar-refractivity contribution >= 4 is 38.8 Å².